The Hall–Kier alpha value is -1.56. The van der Waals surface area contributed by atoms with Crippen molar-refractivity contribution in [3.63, 3.8) is 0 Å². The molecule has 0 N–H and O–H groups in total. The Morgan fingerprint density at radius 1 is 0.944 bits per heavy atom. The molecule has 1 aliphatic carbocycles. The van der Waals surface area contributed by atoms with Gasteiger partial charge in [0.05, 0.1) is 0 Å². The van der Waals surface area contributed by atoms with Gasteiger partial charge in [-0.2, -0.15) is 0 Å². The first-order chi connectivity index (χ1) is 8.83. The van der Waals surface area contributed by atoms with Gasteiger partial charge < -0.3 is 0 Å². The van der Waals surface area contributed by atoms with E-state index in [-0.39, 0.29) is 0 Å². The average molecular weight is 236 g/mol. The quantitative estimate of drug-likeness (QED) is 0.715. The molecule has 1 aliphatic rings. The molecule has 3 rings (SSSR count). The molecule has 0 heterocycles. The predicted molar refractivity (Wildman–Crippen MR) is 76.8 cm³/mol. The van der Waals surface area contributed by atoms with Crippen molar-refractivity contribution in [3.8, 4) is 0 Å². The molecule has 0 aromatic heterocycles. The van der Waals surface area contributed by atoms with Crippen LogP contribution in [0, 0.1) is 5.92 Å². The maximum absolute atomic E-state index is 2.38. The number of rotatable bonds is 2. The maximum Gasteiger partial charge on any atom is -0.0116 e. The van der Waals surface area contributed by atoms with Crippen molar-refractivity contribution < 1.29 is 0 Å². The molecule has 2 unspecified atom stereocenters. The van der Waals surface area contributed by atoms with Gasteiger partial charge in [0.15, 0.2) is 0 Å². The minimum atomic E-state index is 0.701. The molecular weight excluding hydrogens is 216 g/mol. The van der Waals surface area contributed by atoms with Crippen LogP contribution in [0.4, 0.5) is 0 Å². The van der Waals surface area contributed by atoms with E-state index in [9.17, 15) is 0 Å². The molecule has 0 fully saturated rings. The van der Waals surface area contributed by atoms with Crippen LogP contribution in [0.2, 0.25) is 0 Å². The zero-order valence-electron chi connectivity index (χ0n) is 11.0. The number of fused-ring (bicyclic) bond motifs is 1. The Balaban J connectivity index is 1.89. The lowest BCUT2D eigenvalue weighted by Gasteiger charge is -2.30. The molecule has 0 saturated carbocycles. The van der Waals surface area contributed by atoms with E-state index in [1.807, 2.05) is 0 Å². The lowest BCUT2D eigenvalue weighted by atomic mass is 9.75. The van der Waals surface area contributed by atoms with Gasteiger partial charge in [-0.3, -0.25) is 0 Å². The van der Waals surface area contributed by atoms with Crippen molar-refractivity contribution in [2.75, 3.05) is 0 Å². The Morgan fingerprint density at radius 2 is 1.67 bits per heavy atom. The van der Waals surface area contributed by atoms with Crippen LogP contribution in [0.3, 0.4) is 0 Å². The second-order valence-electron chi connectivity index (χ2n) is 5.63. The third-order valence-corrected chi connectivity index (χ3v) is 4.08. The standard InChI is InChI=1S/C18H20/c1-14-11-16-9-5-6-10-18(16)17(12-14)13-15-7-3-2-4-8-15/h2-10,14,17H,11-13H2,1H3. The Bertz CT molecular complexity index is 513. The second-order valence-corrected chi connectivity index (χ2v) is 5.63. The van der Waals surface area contributed by atoms with E-state index in [4.69, 9.17) is 0 Å². The van der Waals surface area contributed by atoms with Gasteiger partial charge >= 0.3 is 0 Å². The van der Waals surface area contributed by atoms with Crippen molar-refractivity contribution >= 4 is 0 Å². The Kier molecular flexibility index (Phi) is 3.19. The van der Waals surface area contributed by atoms with Crippen molar-refractivity contribution in [2.45, 2.75) is 32.1 Å². The summed E-state index contributed by atoms with van der Waals surface area (Å²) < 4.78 is 0. The van der Waals surface area contributed by atoms with Crippen LogP contribution in [0.15, 0.2) is 54.6 Å². The first-order valence-electron chi connectivity index (χ1n) is 6.94. The van der Waals surface area contributed by atoms with E-state index in [0.29, 0.717) is 5.92 Å². The Labute approximate surface area is 110 Å². The first kappa shape index (κ1) is 11.5. The van der Waals surface area contributed by atoms with Gasteiger partial charge in [0.1, 0.15) is 0 Å². The molecule has 0 nitrogen and oxygen atoms in total. The average Bonchev–Trinajstić information content (AvgIpc) is 2.40. The van der Waals surface area contributed by atoms with Crippen LogP contribution in [-0.4, -0.2) is 0 Å². The topological polar surface area (TPSA) is 0 Å². The van der Waals surface area contributed by atoms with Gasteiger partial charge in [-0.1, -0.05) is 61.5 Å². The molecule has 2 aromatic rings. The summed E-state index contributed by atoms with van der Waals surface area (Å²) in [5.74, 6) is 1.51. The molecule has 2 atom stereocenters. The number of hydrogen-bond acceptors (Lipinski definition) is 0. The zero-order valence-corrected chi connectivity index (χ0v) is 11.0. The predicted octanol–water partition coefficient (Wildman–Crippen LogP) is 4.60. The van der Waals surface area contributed by atoms with E-state index in [2.05, 4.69) is 61.5 Å². The smallest absolute Gasteiger partial charge is 0.0116 e. The highest BCUT2D eigenvalue weighted by Gasteiger charge is 2.24. The van der Waals surface area contributed by atoms with Gasteiger partial charge in [0.25, 0.3) is 0 Å². The second kappa shape index (κ2) is 4.97. The number of benzene rings is 2. The molecule has 18 heavy (non-hydrogen) atoms. The summed E-state index contributed by atoms with van der Waals surface area (Å²) in [6.07, 6.45) is 3.76. The molecular formula is C18H20. The van der Waals surface area contributed by atoms with Crippen molar-refractivity contribution in [1.82, 2.24) is 0 Å². The molecule has 0 aliphatic heterocycles. The fraction of sp³-hybridized carbons (Fsp3) is 0.333. The summed E-state index contributed by atoms with van der Waals surface area (Å²) in [6.45, 7) is 2.38. The largest absolute Gasteiger partial charge is 0.0622 e. The minimum Gasteiger partial charge on any atom is -0.0622 e. The van der Waals surface area contributed by atoms with E-state index < -0.39 is 0 Å². The van der Waals surface area contributed by atoms with Gasteiger partial charge in [0, 0.05) is 0 Å². The third-order valence-electron chi connectivity index (χ3n) is 4.08. The fourth-order valence-corrected chi connectivity index (χ4v) is 3.28. The first-order valence-corrected chi connectivity index (χ1v) is 6.94. The summed E-state index contributed by atoms with van der Waals surface area (Å²) in [4.78, 5) is 0. The molecule has 0 bridgehead atoms. The van der Waals surface area contributed by atoms with Crippen LogP contribution in [0.5, 0.6) is 0 Å². The summed E-state index contributed by atoms with van der Waals surface area (Å²) in [6, 6.07) is 19.9. The van der Waals surface area contributed by atoms with Crippen molar-refractivity contribution in [1.29, 1.82) is 0 Å². The van der Waals surface area contributed by atoms with E-state index in [1.54, 1.807) is 11.1 Å². The lowest BCUT2D eigenvalue weighted by Crippen LogP contribution is -2.18. The lowest BCUT2D eigenvalue weighted by molar-refractivity contribution is 0.430. The van der Waals surface area contributed by atoms with Crippen LogP contribution >= 0.6 is 0 Å². The van der Waals surface area contributed by atoms with Gasteiger partial charge in [-0.05, 0) is 47.8 Å². The van der Waals surface area contributed by atoms with Crippen LogP contribution in [0.1, 0.15) is 36.0 Å². The molecule has 0 heteroatoms. The molecule has 0 amide bonds. The highest BCUT2D eigenvalue weighted by Crippen LogP contribution is 2.36. The summed E-state index contributed by atoms with van der Waals surface area (Å²) in [5, 5.41) is 0. The van der Waals surface area contributed by atoms with E-state index in [1.165, 1.54) is 24.8 Å². The fourth-order valence-electron chi connectivity index (χ4n) is 3.28. The van der Waals surface area contributed by atoms with Crippen molar-refractivity contribution in [2.24, 2.45) is 5.92 Å². The summed E-state index contributed by atoms with van der Waals surface area (Å²) in [5.41, 5.74) is 4.61. The minimum absolute atomic E-state index is 0.701. The van der Waals surface area contributed by atoms with Crippen LogP contribution < -0.4 is 0 Å². The SMILES string of the molecule is CC1Cc2ccccc2C(Cc2ccccc2)C1. The Morgan fingerprint density at radius 3 is 2.50 bits per heavy atom. The highest BCUT2D eigenvalue weighted by atomic mass is 14.3. The molecule has 2 aromatic carbocycles. The monoisotopic (exact) mass is 236 g/mol. The van der Waals surface area contributed by atoms with Crippen molar-refractivity contribution in [3.05, 3.63) is 71.3 Å². The van der Waals surface area contributed by atoms with E-state index >= 15 is 0 Å². The third kappa shape index (κ3) is 2.33. The summed E-state index contributed by atoms with van der Waals surface area (Å²) in [7, 11) is 0. The van der Waals surface area contributed by atoms with Gasteiger partial charge in [-0.25, -0.2) is 0 Å². The van der Waals surface area contributed by atoms with Gasteiger partial charge in [-0.15, -0.1) is 0 Å². The molecule has 0 radical (unpaired) electrons. The molecule has 0 spiro atoms. The van der Waals surface area contributed by atoms with Crippen LogP contribution in [0.25, 0.3) is 0 Å². The van der Waals surface area contributed by atoms with Gasteiger partial charge in [0.2, 0.25) is 0 Å². The normalized spacial score (nSPS) is 22.5. The molecule has 92 valence electrons. The van der Waals surface area contributed by atoms with Crippen LogP contribution in [-0.2, 0) is 12.8 Å². The zero-order chi connectivity index (χ0) is 12.4. The highest BCUT2D eigenvalue weighted by molar-refractivity contribution is 5.34. The maximum atomic E-state index is 2.38. The van der Waals surface area contributed by atoms with E-state index in [0.717, 1.165) is 5.92 Å². The molecule has 0 saturated heterocycles. The summed E-state index contributed by atoms with van der Waals surface area (Å²) >= 11 is 0. The number of hydrogen-bond donors (Lipinski definition) is 0.